The Morgan fingerprint density at radius 1 is 1.29 bits per heavy atom. The van der Waals surface area contributed by atoms with Gasteiger partial charge in [0.1, 0.15) is 0 Å². The molecule has 4 nitrogen and oxygen atoms in total. The van der Waals surface area contributed by atoms with E-state index in [1.165, 1.54) is 0 Å². The Kier molecular flexibility index (Phi) is 2.10. The van der Waals surface area contributed by atoms with Crippen LogP contribution >= 0.6 is 0 Å². The summed E-state index contributed by atoms with van der Waals surface area (Å²) in [6.45, 7) is 0. The number of rotatable bonds is 2. The number of benzene rings is 1. The zero-order valence-electron chi connectivity index (χ0n) is 7.34. The van der Waals surface area contributed by atoms with Crippen molar-refractivity contribution < 1.29 is 9.90 Å². The van der Waals surface area contributed by atoms with E-state index in [-0.39, 0.29) is 5.56 Å². The maximum Gasteiger partial charge on any atom is 0.335 e. The number of hydrogen-bond acceptors (Lipinski definition) is 3. The van der Waals surface area contributed by atoms with Crippen LogP contribution in [0.15, 0.2) is 34.5 Å². The third-order valence-corrected chi connectivity index (χ3v) is 2.01. The fourth-order valence-corrected chi connectivity index (χ4v) is 1.26. The molecule has 70 valence electrons. The van der Waals surface area contributed by atoms with Gasteiger partial charge in [0, 0.05) is 12.6 Å². The minimum atomic E-state index is -0.916. The number of carboxylic acids is 1. The zero-order valence-corrected chi connectivity index (χ0v) is 7.34. The highest BCUT2D eigenvalue weighted by Gasteiger charge is 2.07. The lowest BCUT2D eigenvalue weighted by Gasteiger charge is -1.99. The fraction of sp³-hybridized carbons (Fsp3) is 0.100. The molecule has 0 radical (unpaired) electrons. The Balaban J connectivity index is 2.26. The first kappa shape index (κ1) is 8.62. The maximum atomic E-state index is 10.6. The highest BCUT2D eigenvalue weighted by Crippen LogP contribution is 2.10. The molecule has 0 spiro atoms. The Bertz CT molecular complexity index is 418. The Labute approximate surface area is 80.6 Å². The van der Waals surface area contributed by atoms with Gasteiger partial charge in [-0.1, -0.05) is 12.1 Å². The van der Waals surface area contributed by atoms with Crippen LogP contribution in [-0.4, -0.2) is 23.0 Å². The summed E-state index contributed by atoms with van der Waals surface area (Å²) in [5.41, 5.74) is 2.09. The molecule has 0 saturated heterocycles. The van der Waals surface area contributed by atoms with Crippen molar-refractivity contribution in [2.75, 3.05) is 0 Å². The van der Waals surface area contributed by atoms with E-state index in [0.717, 1.165) is 11.3 Å². The van der Waals surface area contributed by atoms with Gasteiger partial charge in [0.25, 0.3) is 0 Å². The normalized spacial score (nSPS) is 14.1. The highest BCUT2D eigenvalue weighted by atomic mass is 16.4. The molecule has 0 aromatic heterocycles. The summed E-state index contributed by atoms with van der Waals surface area (Å²) in [6.07, 6.45) is 2.44. The Morgan fingerprint density at radius 3 is 2.50 bits per heavy atom. The predicted octanol–water partition coefficient (Wildman–Crippen LogP) is 1.56. The quantitative estimate of drug-likeness (QED) is 0.765. The molecule has 0 atom stereocenters. The van der Waals surface area contributed by atoms with E-state index in [2.05, 4.69) is 10.2 Å². The molecule has 0 unspecified atom stereocenters. The predicted molar refractivity (Wildman–Crippen MR) is 53.0 cm³/mol. The maximum absolute atomic E-state index is 10.6. The fourth-order valence-electron chi connectivity index (χ4n) is 1.26. The number of hydrogen-bond donors (Lipinski definition) is 1. The SMILES string of the molecule is O=C(O)c1ccc(C2=NN=CC2)cc1. The van der Waals surface area contributed by atoms with Gasteiger partial charge in [0.2, 0.25) is 0 Å². The van der Waals surface area contributed by atoms with Crippen LogP contribution in [0.1, 0.15) is 22.3 Å². The molecule has 1 aromatic carbocycles. The smallest absolute Gasteiger partial charge is 0.335 e. The van der Waals surface area contributed by atoms with Gasteiger partial charge in [-0.05, 0) is 17.7 Å². The van der Waals surface area contributed by atoms with Gasteiger partial charge in [0.15, 0.2) is 0 Å². The third kappa shape index (κ3) is 1.54. The van der Waals surface area contributed by atoms with Crippen molar-refractivity contribution in [2.24, 2.45) is 10.2 Å². The van der Waals surface area contributed by atoms with Gasteiger partial charge in [0.05, 0.1) is 11.3 Å². The van der Waals surface area contributed by atoms with E-state index in [1.807, 2.05) is 0 Å². The number of nitrogens with zero attached hydrogens (tertiary/aromatic N) is 2. The molecule has 0 fully saturated rings. The van der Waals surface area contributed by atoms with Crippen LogP contribution in [0.2, 0.25) is 0 Å². The van der Waals surface area contributed by atoms with E-state index in [0.29, 0.717) is 6.42 Å². The molecule has 1 aliphatic heterocycles. The van der Waals surface area contributed by atoms with E-state index in [9.17, 15) is 4.79 Å². The van der Waals surface area contributed by atoms with Gasteiger partial charge >= 0.3 is 5.97 Å². The molecule has 4 heteroatoms. The van der Waals surface area contributed by atoms with Crippen molar-refractivity contribution in [1.29, 1.82) is 0 Å². The number of aromatic carboxylic acids is 1. The van der Waals surface area contributed by atoms with Crippen molar-refractivity contribution in [3.05, 3.63) is 35.4 Å². The van der Waals surface area contributed by atoms with Crippen LogP contribution < -0.4 is 0 Å². The molecule has 1 heterocycles. The highest BCUT2D eigenvalue weighted by molar-refractivity contribution is 6.09. The molecule has 0 aliphatic carbocycles. The molecule has 0 saturated carbocycles. The molecule has 1 aromatic rings. The van der Waals surface area contributed by atoms with Crippen LogP contribution in [0.3, 0.4) is 0 Å². The van der Waals surface area contributed by atoms with Crippen LogP contribution in [0.25, 0.3) is 0 Å². The standard InChI is InChI=1S/C10H8N2O2/c13-10(14)8-3-1-7(2-4-8)9-5-6-11-12-9/h1-4,6H,5H2,(H,13,14). The van der Waals surface area contributed by atoms with Gasteiger partial charge < -0.3 is 5.11 Å². The van der Waals surface area contributed by atoms with Crippen molar-refractivity contribution in [1.82, 2.24) is 0 Å². The van der Waals surface area contributed by atoms with Crippen LogP contribution in [0.5, 0.6) is 0 Å². The summed E-state index contributed by atoms with van der Waals surface area (Å²) in [5.74, 6) is -0.916. The topological polar surface area (TPSA) is 62.0 Å². The summed E-state index contributed by atoms with van der Waals surface area (Å²) in [6, 6.07) is 6.63. The number of carboxylic acid groups (broad SMARTS) is 1. The Morgan fingerprint density at radius 2 is 2.00 bits per heavy atom. The summed E-state index contributed by atoms with van der Waals surface area (Å²) in [4.78, 5) is 10.6. The van der Waals surface area contributed by atoms with Crippen molar-refractivity contribution in [3.63, 3.8) is 0 Å². The average molecular weight is 188 g/mol. The van der Waals surface area contributed by atoms with Gasteiger partial charge in [-0.15, -0.1) is 0 Å². The van der Waals surface area contributed by atoms with Crippen molar-refractivity contribution in [2.45, 2.75) is 6.42 Å². The summed E-state index contributed by atoms with van der Waals surface area (Å²) < 4.78 is 0. The van der Waals surface area contributed by atoms with Crippen molar-refractivity contribution in [3.8, 4) is 0 Å². The first-order valence-corrected chi connectivity index (χ1v) is 4.19. The van der Waals surface area contributed by atoms with Gasteiger partial charge in [-0.25, -0.2) is 4.79 Å². The van der Waals surface area contributed by atoms with Gasteiger partial charge in [-0.2, -0.15) is 10.2 Å². The molecular weight excluding hydrogens is 180 g/mol. The van der Waals surface area contributed by atoms with E-state index in [1.54, 1.807) is 30.5 Å². The molecule has 1 aliphatic rings. The minimum Gasteiger partial charge on any atom is -0.478 e. The summed E-state index contributed by atoms with van der Waals surface area (Å²) >= 11 is 0. The van der Waals surface area contributed by atoms with Gasteiger partial charge in [-0.3, -0.25) is 0 Å². The average Bonchev–Trinajstić information content (AvgIpc) is 2.71. The second-order valence-corrected chi connectivity index (χ2v) is 2.93. The summed E-state index contributed by atoms with van der Waals surface area (Å²) in [5, 5.41) is 16.4. The molecular formula is C10H8N2O2. The molecule has 1 N–H and O–H groups in total. The van der Waals surface area contributed by atoms with E-state index in [4.69, 9.17) is 5.11 Å². The monoisotopic (exact) mass is 188 g/mol. The van der Waals surface area contributed by atoms with Crippen LogP contribution in [0, 0.1) is 0 Å². The molecule has 2 rings (SSSR count). The first-order valence-electron chi connectivity index (χ1n) is 4.19. The van der Waals surface area contributed by atoms with E-state index >= 15 is 0 Å². The second-order valence-electron chi connectivity index (χ2n) is 2.93. The second kappa shape index (κ2) is 3.41. The minimum absolute atomic E-state index is 0.285. The first-order chi connectivity index (χ1) is 6.77. The van der Waals surface area contributed by atoms with Crippen LogP contribution in [0.4, 0.5) is 0 Å². The lowest BCUT2D eigenvalue weighted by Crippen LogP contribution is -2.00. The molecule has 0 bridgehead atoms. The van der Waals surface area contributed by atoms with Crippen LogP contribution in [-0.2, 0) is 0 Å². The summed E-state index contributed by atoms with van der Waals surface area (Å²) in [7, 11) is 0. The lowest BCUT2D eigenvalue weighted by molar-refractivity contribution is 0.0697. The third-order valence-electron chi connectivity index (χ3n) is 2.01. The zero-order chi connectivity index (χ0) is 9.97. The lowest BCUT2D eigenvalue weighted by atomic mass is 10.1. The molecule has 14 heavy (non-hydrogen) atoms. The number of carbonyl (C=O) groups is 1. The molecule has 0 amide bonds. The van der Waals surface area contributed by atoms with E-state index < -0.39 is 5.97 Å². The largest absolute Gasteiger partial charge is 0.478 e. The Hall–Kier alpha value is -1.97. The van der Waals surface area contributed by atoms with Crippen molar-refractivity contribution >= 4 is 17.9 Å².